The SMILES string of the molecule is CC(C)=CCCC(C)=CC=CC(C)=CC=CC=C(C)CCC=C(C)CCC=C(C)C. The molecule has 0 heteroatoms. The third kappa shape index (κ3) is 19.2. The van der Waals surface area contributed by atoms with Crippen molar-refractivity contribution in [2.24, 2.45) is 0 Å². The Morgan fingerprint density at radius 2 is 0.900 bits per heavy atom. The van der Waals surface area contributed by atoms with Gasteiger partial charge in [0.1, 0.15) is 0 Å². The van der Waals surface area contributed by atoms with E-state index in [9.17, 15) is 0 Å². The number of hydrogen-bond acceptors (Lipinski definition) is 0. The third-order valence-corrected chi connectivity index (χ3v) is 4.80. The van der Waals surface area contributed by atoms with Gasteiger partial charge in [-0.05, 0) is 93.9 Å². The van der Waals surface area contributed by atoms with Crippen molar-refractivity contribution in [3.8, 4) is 0 Å². The second-order valence-electron chi connectivity index (χ2n) is 8.91. The highest BCUT2D eigenvalue weighted by Crippen LogP contribution is 2.11. The Balaban J connectivity index is 4.35. The summed E-state index contributed by atoms with van der Waals surface area (Å²) in [5.74, 6) is 0. The molecule has 0 atom stereocenters. The summed E-state index contributed by atoms with van der Waals surface area (Å²) in [5.41, 5.74) is 8.43. The molecule has 166 valence electrons. The first-order valence-electron chi connectivity index (χ1n) is 11.5. The lowest BCUT2D eigenvalue weighted by atomic mass is 10.1. The van der Waals surface area contributed by atoms with E-state index in [0.717, 1.165) is 32.1 Å². The molecule has 0 amide bonds. The standard InChI is InChI=1S/C30H46/c1-25(2)15-11-19-29(7)23-13-21-27(5)17-9-10-18-28(6)22-14-24-30(8)20-12-16-26(3)4/h9-10,13,15-18,21,23-24H,11-12,14,19-20,22H2,1-8H3. The molecular weight excluding hydrogens is 360 g/mol. The van der Waals surface area contributed by atoms with Crippen LogP contribution in [0.15, 0.2) is 94.2 Å². The van der Waals surface area contributed by atoms with Crippen LogP contribution in [0, 0.1) is 0 Å². The Bertz CT molecular complexity index is 716. The van der Waals surface area contributed by atoms with Crippen LogP contribution in [0.3, 0.4) is 0 Å². The molecule has 0 saturated carbocycles. The smallest absolute Gasteiger partial charge is 0.0285 e. The molecule has 30 heavy (non-hydrogen) atoms. The molecule has 0 fully saturated rings. The minimum Gasteiger partial charge on any atom is -0.0856 e. The second-order valence-corrected chi connectivity index (χ2v) is 8.91. The summed E-state index contributed by atoms with van der Waals surface area (Å²) in [6, 6.07) is 0. The van der Waals surface area contributed by atoms with Gasteiger partial charge in [0.05, 0.1) is 0 Å². The van der Waals surface area contributed by atoms with Crippen LogP contribution in [0.1, 0.15) is 93.9 Å². The summed E-state index contributed by atoms with van der Waals surface area (Å²) >= 11 is 0. The van der Waals surface area contributed by atoms with E-state index in [-0.39, 0.29) is 0 Å². The summed E-state index contributed by atoms with van der Waals surface area (Å²) in [4.78, 5) is 0. The van der Waals surface area contributed by atoms with Gasteiger partial charge in [-0.25, -0.2) is 0 Å². The fourth-order valence-electron chi connectivity index (χ4n) is 2.84. The summed E-state index contributed by atoms with van der Waals surface area (Å²) in [6.45, 7) is 17.5. The van der Waals surface area contributed by atoms with Gasteiger partial charge in [-0.3, -0.25) is 0 Å². The van der Waals surface area contributed by atoms with Gasteiger partial charge in [-0.15, -0.1) is 0 Å². The lowest BCUT2D eigenvalue weighted by Crippen LogP contribution is -1.80. The summed E-state index contributed by atoms with van der Waals surface area (Å²) in [6.07, 6.45) is 29.1. The summed E-state index contributed by atoms with van der Waals surface area (Å²) in [5, 5.41) is 0. The van der Waals surface area contributed by atoms with Crippen molar-refractivity contribution in [2.45, 2.75) is 93.9 Å². The van der Waals surface area contributed by atoms with Crippen LogP contribution in [0.2, 0.25) is 0 Å². The number of hydrogen-bond donors (Lipinski definition) is 0. The fourth-order valence-corrected chi connectivity index (χ4v) is 2.84. The zero-order valence-corrected chi connectivity index (χ0v) is 21.0. The average Bonchev–Trinajstić information content (AvgIpc) is 2.64. The Morgan fingerprint density at radius 1 is 0.467 bits per heavy atom. The van der Waals surface area contributed by atoms with Crippen molar-refractivity contribution in [1.29, 1.82) is 0 Å². The van der Waals surface area contributed by atoms with Gasteiger partial charge in [0, 0.05) is 0 Å². The van der Waals surface area contributed by atoms with Crippen molar-refractivity contribution in [3.05, 3.63) is 94.2 Å². The van der Waals surface area contributed by atoms with Crippen LogP contribution >= 0.6 is 0 Å². The Kier molecular flexibility index (Phi) is 16.5. The van der Waals surface area contributed by atoms with Crippen molar-refractivity contribution >= 4 is 0 Å². The monoisotopic (exact) mass is 406 g/mol. The molecule has 0 aromatic heterocycles. The van der Waals surface area contributed by atoms with E-state index in [2.05, 4.69) is 116 Å². The van der Waals surface area contributed by atoms with E-state index in [1.807, 2.05) is 0 Å². The highest BCUT2D eigenvalue weighted by atomic mass is 14.0. The van der Waals surface area contributed by atoms with E-state index in [1.165, 1.54) is 39.9 Å². The fraction of sp³-hybridized carbons (Fsp3) is 0.467. The Labute approximate surface area is 188 Å². The zero-order valence-electron chi connectivity index (χ0n) is 21.0. The van der Waals surface area contributed by atoms with Crippen molar-refractivity contribution in [1.82, 2.24) is 0 Å². The molecule has 0 aliphatic rings. The molecule has 0 unspecified atom stereocenters. The van der Waals surface area contributed by atoms with Crippen molar-refractivity contribution in [2.75, 3.05) is 0 Å². The van der Waals surface area contributed by atoms with Gasteiger partial charge >= 0.3 is 0 Å². The quantitative estimate of drug-likeness (QED) is 0.211. The van der Waals surface area contributed by atoms with Crippen LogP contribution in [-0.2, 0) is 0 Å². The zero-order chi connectivity index (χ0) is 22.8. The van der Waals surface area contributed by atoms with E-state index in [0.29, 0.717) is 0 Å². The first-order chi connectivity index (χ1) is 14.2. The highest BCUT2D eigenvalue weighted by molar-refractivity contribution is 5.27. The molecular formula is C30H46. The average molecular weight is 407 g/mol. The third-order valence-electron chi connectivity index (χ3n) is 4.80. The molecule has 0 aliphatic heterocycles. The van der Waals surface area contributed by atoms with E-state index < -0.39 is 0 Å². The van der Waals surface area contributed by atoms with E-state index >= 15 is 0 Å². The van der Waals surface area contributed by atoms with Gasteiger partial charge in [0.25, 0.3) is 0 Å². The molecule has 0 radical (unpaired) electrons. The van der Waals surface area contributed by atoms with Crippen LogP contribution in [0.4, 0.5) is 0 Å². The van der Waals surface area contributed by atoms with Gasteiger partial charge in [-0.1, -0.05) is 94.2 Å². The number of rotatable bonds is 13. The molecule has 0 heterocycles. The Hall–Kier alpha value is -2.08. The highest BCUT2D eigenvalue weighted by Gasteiger charge is 1.91. The molecule has 0 nitrogen and oxygen atoms in total. The largest absolute Gasteiger partial charge is 0.0856 e. The van der Waals surface area contributed by atoms with Crippen LogP contribution in [0.5, 0.6) is 0 Å². The molecule has 0 saturated heterocycles. The van der Waals surface area contributed by atoms with Crippen LogP contribution in [-0.4, -0.2) is 0 Å². The van der Waals surface area contributed by atoms with Crippen molar-refractivity contribution < 1.29 is 0 Å². The van der Waals surface area contributed by atoms with Gasteiger partial charge in [0.2, 0.25) is 0 Å². The maximum Gasteiger partial charge on any atom is -0.0285 e. The van der Waals surface area contributed by atoms with Gasteiger partial charge < -0.3 is 0 Å². The molecule has 0 spiro atoms. The normalized spacial score (nSPS) is 14.0. The second kappa shape index (κ2) is 17.8. The molecule has 0 aliphatic carbocycles. The molecule has 0 N–H and O–H groups in total. The topological polar surface area (TPSA) is 0 Å². The Morgan fingerprint density at radius 3 is 1.43 bits per heavy atom. The predicted octanol–water partition coefficient (Wildman–Crippen LogP) is 10.2. The molecule has 0 aromatic carbocycles. The maximum absolute atomic E-state index is 2.39. The first-order valence-corrected chi connectivity index (χ1v) is 11.5. The lowest BCUT2D eigenvalue weighted by molar-refractivity contribution is 0.918. The van der Waals surface area contributed by atoms with Crippen LogP contribution < -0.4 is 0 Å². The molecule has 0 aromatic rings. The van der Waals surface area contributed by atoms with E-state index in [4.69, 9.17) is 0 Å². The summed E-state index contributed by atoms with van der Waals surface area (Å²) in [7, 11) is 0. The van der Waals surface area contributed by atoms with E-state index in [1.54, 1.807) is 0 Å². The first kappa shape index (κ1) is 27.9. The van der Waals surface area contributed by atoms with Gasteiger partial charge in [-0.2, -0.15) is 0 Å². The van der Waals surface area contributed by atoms with Crippen LogP contribution in [0.25, 0.3) is 0 Å². The summed E-state index contributed by atoms with van der Waals surface area (Å²) < 4.78 is 0. The minimum absolute atomic E-state index is 1.13. The maximum atomic E-state index is 2.39. The molecule has 0 bridgehead atoms. The van der Waals surface area contributed by atoms with Crippen molar-refractivity contribution in [3.63, 3.8) is 0 Å². The number of allylic oxidation sites excluding steroid dienone is 16. The molecule has 0 rings (SSSR count). The van der Waals surface area contributed by atoms with Gasteiger partial charge in [0.15, 0.2) is 0 Å². The predicted molar refractivity (Wildman–Crippen MR) is 140 cm³/mol. The lowest BCUT2D eigenvalue weighted by Gasteiger charge is -2.00. The minimum atomic E-state index is 1.13.